The quantitative estimate of drug-likeness (QED) is 0.662. The zero-order valence-corrected chi connectivity index (χ0v) is 13.8. The number of rotatable bonds is 7. The van der Waals surface area contributed by atoms with Crippen molar-refractivity contribution in [2.45, 2.75) is 25.9 Å². The van der Waals surface area contributed by atoms with Gasteiger partial charge >= 0.3 is 0 Å². The highest BCUT2D eigenvalue weighted by Crippen LogP contribution is 2.14. The van der Waals surface area contributed by atoms with Gasteiger partial charge in [-0.2, -0.15) is 0 Å². The summed E-state index contributed by atoms with van der Waals surface area (Å²) in [5.41, 5.74) is 0.397. The van der Waals surface area contributed by atoms with E-state index >= 15 is 0 Å². The number of nitrogens with zero attached hydrogens (tertiary/aromatic N) is 5. The van der Waals surface area contributed by atoms with E-state index in [0.717, 1.165) is 23.8 Å². The molecule has 3 heterocycles. The summed E-state index contributed by atoms with van der Waals surface area (Å²) in [6.45, 7) is 3.30. The zero-order valence-electron chi connectivity index (χ0n) is 13.0. The Hall–Kier alpha value is -2.26. The molecule has 122 valence electrons. The number of amides is 1. The number of aromatic nitrogens is 5. The Morgan fingerprint density at radius 2 is 2.39 bits per heavy atom. The molecule has 1 atom stereocenters. The Kier molecular flexibility index (Phi) is 4.68. The van der Waals surface area contributed by atoms with Crippen LogP contribution in [0.15, 0.2) is 24.1 Å². The lowest BCUT2D eigenvalue weighted by molar-refractivity contribution is 0.0933. The lowest BCUT2D eigenvalue weighted by atomic mass is 10.3. The number of carbonyl (C=O) groups excluding carboxylic acids is 1. The highest BCUT2D eigenvalue weighted by atomic mass is 32.1. The summed E-state index contributed by atoms with van der Waals surface area (Å²) in [4.78, 5) is 17.4. The summed E-state index contributed by atoms with van der Waals surface area (Å²) in [6, 6.07) is -0.257. The topological polar surface area (TPSA) is 86.3 Å². The predicted molar refractivity (Wildman–Crippen MR) is 85.5 cm³/mol. The standard InChI is InChI=1S/C14H18N6O2S/c1-10(12-18-15-9-20(12)4-3-6-22-2)16-13(21)11-8-19-5-7-23-14(19)17-11/h5,7-10H,3-4,6H2,1-2H3,(H,16,21). The minimum atomic E-state index is -0.257. The second kappa shape index (κ2) is 6.88. The van der Waals surface area contributed by atoms with E-state index in [2.05, 4.69) is 20.5 Å². The molecule has 0 spiro atoms. The van der Waals surface area contributed by atoms with Crippen molar-refractivity contribution < 1.29 is 9.53 Å². The van der Waals surface area contributed by atoms with E-state index < -0.39 is 0 Å². The normalized spacial score (nSPS) is 12.6. The van der Waals surface area contributed by atoms with Gasteiger partial charge in [-0.3, -0.25) is 9.20 Å². The number of imidazole rings is 1. The number of hydrogen-bond donors (Lipinski definition) is 1. The summed E-state index contributed by atoms with van der Waals surface area (Å²) in [7, 11) is 1.67. The molecule has 1 unspecified atom stereocenters. The van der Waals surface area contributed by atoms with Crippen molar-refractivity contribution in [2.24, 2.45) is 0 Å². The Morgan fingerprint density at radius 1 is 1.52 bits per heavy atom. The van der Waals surface area contributed by atoms with Crippen molar-refractivity contribution in [3.63, 3.8) is 0 Å². The highest BCUT2D eigenvalue weighted by molar-refractivity contribution is 7.15. The van der Waals surface area contributed by atoms with Gasteiger partial charge in [0.05, 0.1) is 6.04 Å². The molecule has 3 aromatic rings. The van der Waals surface area contributed by atoms with Gasteiger partial charge < -0.3 is 14.6 Å². The summed E-state index contributed by atoms with van der Waals surface area (Å²) in [6.07, 6.45) is 6.12. The van der Waals surface area contributed by atoms with E-state index in [4.69, 9.17) is 4.74 Å². The first-order chi connectivity index (χ1) is 11.2. The lowest BCUT2D eigenvalue weighted by Crippen LogP contribution is -2.29. The predicted octanol–water partition coefficient (Wildman–Crippen LogP) is 1.51. The summed E-state index contributed by atoms with van der Waals surface area (Å²) >= 11 is 1.49. The van der Waals surface area contributed by atoms with E-state index in [-0.39, 0.29) is 11.9 Å². The summed E-state index contributed by atoms with van der Waals surface area (Å²) in [5.74, 6) is 0.496. The van der Waals surface area contributed by atoms with Crippen LogP contribution >= 0.6 is 11.3 Å². The fourth-order valence-electron chi connectivity index (χ4n) is 2.32. The van der Waals surface area contributed by atoms with E-state index in [1.807, 2.05) is 27.5 Å². The van der Waals surface area contributed by atoms with Crippen LogP contribution in [0.2, 0.25) is 0 Å². The van der Waals surface area contributed by atoms with Crippen molar-refractivity contribution >= 4 is 22.2 Å². The SMILES string of the molecule is COCCCn1cnnc1C(C)NC(=O)c1cn2ccsc2n1. The van der Waals surface area contributed by atoms with Gasteiger partial charge in [-0.05, 0) is 13.3 Å². The fraction of sp³-hybridized carbons (Fsp3) is 0.429. The first kappa shape index (κ1) is 15.6. The Morgan fingerprint density at radius 3 is 3.17 bits per heavy atom. The Labute approximate surface area is 137 Å². The molecule has 3 rings (SSSR count). The van der Waals surface area contributed by atoms with Crippen LogP contribution in [0.4, 0.5) is 0 Å². The number of nitrogens with one attached hydrogen (secondary N) is 1. The maximum Gasteiger partial charge on any atom is 0.272 e. The third kappa shape index (κ3) is 3.40. The fourth-order valence-corrected chi connectivity index (χ4v) is 3.02. The minimum Gasteiger partial charge on any atom is -0.385 e. The molecule has 0 saturated carbocycles. The first-order valence-electron chi connectivity index (χ1n) is 7.28. The molecule has 0 bridgehead atoms. The third-order valence-corrected chi connectivity index (χ3v) is 4.22. The Bertz CT molecular complexity index is 763. The van der Waals surface area contributed by atoms with E-state index in [1.54, 1.807) is 19.6 Å². The molecule has 23 heavy (non-hydrogen) atoms. The van der Waals surface area contributed by atoms with Crippen LogP contribution in [-0.4, -0.2) is 43.8 Å². The summed E-state index contributed by atoms with van der Waals surface area (Å²) in [5, 5.41) is 12.9. The highest BCUT2D eigenvalue weighted by Gasteiger charge is 2.18. The molecular weight excluding hydrogens is 316 g/mol. The molecule has 0 aliphatic carbocycles. The second-order valence-electron chi connectivity index (χ2n) is 5.14. The van der Waals surface area contributed by atoms with Crippen molar-refractivity contribution in [3.05, 3.63) is 35.6 Å². The van der Waals surface area contributed by atoms with Crippen LogP contribution in [0.3, 0.4) is 0 Å². The maximum atomic E-state index is 12.3. The van der Waals surface area contributed by atoms with E-state index in [0.29, 0.717) is 12.3 Å². The molecule has 1 amide bonds. The average Bonchev–Trinajstić information content (AvgIpc) is 3.22. The van der Waals surface area contributed by atoms with Crippen LogP contribution in [0.25, 0.3) is 4.96 Å². The molecule has 3 aromatic heterocycles. The van der Waals surface area contributed by atoms with Crippen LogP contribution in [-0.2, 0) is 11.3 Å². The maximum absolute atomic E-state index is 12.3. The number of carbonyl (C=O) groups is 1. The van der Waals surface area contributed by atoms with Crippen LogP contribution in [0.1, 0.15) is 35.7 Å². The largest absolute Gasteiger partial charge is 0.385 e. The van der Waals surface area contributed by atoms with Crippen molar-refractivity contribution in [1.82, 2.24) is 29.5 Å². The van der Waals surface area contributed by atoms with Gasteiger partial charge in [0, 0.05) is 38.0 Å². The molecule has 9 heteroatoms. The number of hydrogen-bond acceptors (Lipinski definition) is 6. The van der Waals surface area contributed by atoms with Gasteiger partial charge in [0.2, 0.25) is 0 Å². The molecule has 0 aliphatic rings. The van der Waals surface area contributed by atoms with Gasteiger partial charge in [0.15, 0.2) is 10.8 Å². The zero-order chi connectivity index (χ0) is 16.2. The number of methoxy groups -OCH3 is 1. The molecule has 1 N–H and O–H groups in total. The van der Waals surface area contributed by atoms with Gasteiger partial charge in [0.25, 0.3) is 5.91 Å². The molecule has 0 saturated heterocycles. The molecule has 0 aliphatic heterocycles. The molecule has 0 radical (unpaired) electrons. The van der Waals surface area contributed by atoms with Gasteiger partial charge in [-0.1, -0.05) is 0 Å². The van der Waals surface area contributed by atoms with Crippen LogP contribution in [0, 0.1) is 0 Å². The van der Waals surface area contributed by atoms with E-state index in [9.17, 15) is 4.79 Å². The van der Waals surface area contributed by atoms with Gasteiger partial charge in [0.1, 0.15) is 12.0 Å². The minimum absolute atomic E-state index is 0.222. The number of fused-ring (bicyclic) bond motifs is 1. The van der Waals surface area contributed by atoms with Gasteiger partial charge in [-0.25, -0.2) is 4.98 Å². The molecular formula is C14H18N6O2S. The van der Waals surface area contributed by atoms with Gasteiger partial charge in [-0.15, -0.1) is 21.5 Å². The number of ether oxygens (including phenoxy) is 1. The van der Waals surface area contributed by atoms with Crippen LogP contribution < -0.4 is 5.32 Å². The molecule has 0 aromatic carbocycles. The Balaban J connectivity index is 1.66. The van der Waals surface area contributed by atoms with Crippen molar-refractivity contribution in [3.8, 4) is 0 Å². The molecule has 0 fully saturated rings. The number of aryl methyl sites for hydroxylation is 1. The van der Waals surface area contributed by atoms with Crippen molar-refractivity contribution in [2.75, 3.05) is 13.7 Å². The third-order valence-electron chi connectivity index (χ3n) is 3.45. The van der Waals surface area contributed by atoms with E-state index in [1.165, 1.54) is 11.3 Å². The van der Waals surface area contributed by atoms with Crippen molar-refractivity contribution in [1.29, 1.82) is 0 Å². The summed E-state index contributed by atoms with van der Waals surface area (Å²) < 4.78 is 8.81. The number of thiazole rings is 1. The monoisotopic (exact) mass is 334 g/mol. The first-order valence-corrected chi connectivity index (χ1v) is 8.16. The second-order valence-corrected chi connectivity index (χ2v) is 6.02. The van der Waals surface area contributed by atoms with Crippen LogP contribution in [0.5, 0.6) is 0 Å². The average molecular weight is 334 g/mol. The molecule has 8 nitrogen and oxygen atoms in total. The lowest BCUT2D eigenvalue weighted by Gasteiger charge is -2.14. The smallest absolute Gasteiger partial charge is 0.272 e.